The third kappa shape index (κ3) is 8.99. The summed E-state index contributed by atoms with van der Waals surface area (Å²) >= 11 is 0. The molecule has 0 fully saturated rings. The number of nitrogens with zero attached hydrogens (tertiary/aromatic N) is 2. The molecule has 0 aliphatic heterocycles. The topological polar surface area (TPSA) is 71.3 Å². The number of hydrogen-bond donors (Lipinski definition) is 3. The van der Waals surface area contributed by atoms with Gasteiger partial charge in [-0.25, -0.2) is 5.01 Å². The van der Waals surface area contributed by atoms with Gasteiger partial charge in [-0.3, -0.25) is 5.43 Å². The summed E-state index contributed by atoms with van der Waals surface area (Å²) in [5, 5.41) is 23.3. The first kappa shape index (κ1) is 20.8. The van der Waals surface area contributed by atoms with Gasteiger partial charge in [-0.15, -0.1) is 0 Å². The number of aliphatic hydroxyl groups excluding tert-OH is 1. The molecule has 2 rings (SSSR count). The summed E-state index contributed by atoms with van der Waals surface area (Å²) < 4.78 is 0. The smallest absolute Gasteiger partial charge is 0.0991 e. The maximum atomic E-state index is 9.72. The van der Waals surface area contributed by atoms with Gasteiger partial charge < -0.3 is 10.4 Å². The highest BCUT2D eigenvalue weighted by atomic mass is 16.3. The molecule has 5 nitrogen and oxygen atoms in total. The zero-order valence-corrected chi connectivity index (χ0v) is 15.2. The van der Waals surface area contributed by atoms with Crippen molar-refractivity contribution >= 4 is 0 Å². The number of hydrogen-bond acceptors (Lipinski definition) is 5. The fourth-order valence-corrected chi connectivity index (χ4v) is 2.23. The summed E-state index contributed by atoms with van der Waals surface area (Å²) in [6.07, 6.45) is -0.416. The Morgan fingerprint density at radius 1 is 1.08 bits per heavy atom. The predicted molar refractivity (Wildman–Crippen MR) is 102 cm³/mol. The zero-order chi connectivity index (χ0) is 18.5. The molecule has 0 radical (unpaired) electrons. The third-order valence-electron chi connectivity index (χ3n) is 3.58. The van der Waals surface area contributed by atoms with Gasteiger partial charge in [0.15, 0.2) is 0 Å². The summed E-state index contributed by atoms with van der Waals surface area (Å²) in [5.74, 6) is 0. The second-order valence-corrected chi connectivity index (χ2v) is 5.78. The summed E-state index contributed by atoms with van der Waals surface area (Å²) in [6, 6.07) is 19.8. The van der Waals surface area contributed by atoms with Crippen molar-refractivity contribution in [3.05, 3.63) is 71.3 Å². The van der Waals surface area contributed by atoms with Crippen LogP contribution in [0.3, 0.4) is 0 Å². The van der Waals surface area contributed by atoms with Crippen molar-refractivity contribution in [2.24, 2.45) is 0 Å². The van der Waals surface area contributed by atoms with Gasteiger partial charge in [-0.1, -0.05) is 48.0 Å². The molecule has 0 heterocycles. The van der Waals surface area contributed by atoms with Crippen molar-refractivity contribution in [3.8, 4) is 6.07 Å². The zero-order valence-electron chi connectivity index (χ0n) is 15.2. The Labute approximate surface area is 150 Å². The molecule has 134 valence electrons. The summed E-state index contributed by atoms with van der Waals surface area (Å²) in [5.41, 5.74) is 6.13. The molecule has 0 unspecified atom stereocenters. The molecule has 0 bridgehead atoms. The van der Waals surface area contributed by atoms with Gasteiger partial charge in [-0.05, 0) is 38.7 Å². The van der Waals surface area contributed by atoms with Crippen LogP contribution in [-0.2, 0) is 6.54 Å². The van der Waals surface area contributed by atoms with E-state index < -0.39 is 6.10 Å². The lowest BCUT2D eigenvalue weighted by molar-refractivity contribution is 0.0840. The minimum atomic E-state index is -0.416. The van der Waals surface area contributed by atoms with Crippen LogP contribution in [-0.4, -0.2) is 43.4 Å². The highest BCUT2D eigenvalue weighted by Crippen LogP contribution is 2.06. The van der Waals surface area contributed by atoms with Crippen LogP contribution in [0.1, 0.15) is 16.7 Å². The van der Waals surface area contributed by atoms with Gasteiger partial charge >= 0.3 is 0 Å². The van der Waals surface area contributed by atoms with Crippen molar-refractivity contribution in [1.82, 2.24) is 15.8 Å². The molecule has 25 heavy (non-hydrogen) atoms. The Balaban J connectivity index is 0.000000370. The Morgan fingerprint density at radius 2 is 1.72 bits per heavy atom. The van der Waals surface area contributed by atoms with E-state index in [1.807, 2.05) is 49.4 Å². The molecule has 2 aromatic carbocycles. The fraction of sp³-hybridized carbons (Fsp3) is 0.350. The maximum Gasteiger partial charge on any atom is 0.0991 e. The van der Waals surface area contributed by atoms with Crippen LogP contribution in [0.25, 0.3) is 0 Å². The molecule has 0 saturated carbocycles. The Morgan fingerprint density at radius 3 is 2.16 bits per heavy atom. The summed E-state index contributed by atoms with van der Waals surface area (Å²) in [7, 11) is 3.64. The fourth-order valence-electron chi connectivity index (χ4n) is 2.23. The van der Waals surface area contributed by atoms with Crippen LogP contribution < -0.4 is 10.7 Å². The molecule has 2 aromatic rings. The second-order valence-electron chi connectivity index (χ2n) is 5.78. The normalized spacial score (nSPS) is 11.4. The number of aryl methyl sites for hydroxylation is 1. The van der Waals surface area contributed by atoms with Crippen LogP contribution in [0.5, 0.6) is 0 Å². The van der Waals surface area contributed by atoms with E-state index in [1.54, 1.807) is 12.1 Å². The lowest BCUT2D eigenvalue weighted by Crippen LogP contribution is -2.43. The van der Waals surface area contributed by atoms with Gasteiger partial charge in [0, 0.05) is 19.6 Å². The minimum Gasteiger partial charge on any atom is -0.390 e. The van der Waals surface area contributed by atoms with Gasteiger partial charge in [0.05, 0.1) is 17.7 Å². The van der Waals surface area contributed by atoms with E-state index in [0.717, 1.165) is 5.56 Å². The van der Waals surface area contributed by atoms with Crippen molar-refractivity contribution < 1.29 is 5.11 Å². The van der Waals surface area contributed by atoms with Crippen molar-refractivity contribution in [3.63, 3.8) is 0 Å². The Hall–Kier alpha value is -2.23. The van der Waals surface area contributed by atoms with Gasteiger partial charge in [0.1, 0.15) is 0 Å². The Bertz CT molecular complexity index is 622. The number of benzene rings is 2. The molecule has 0 amide bonds. The molecule has 0 aliphatic rings. The molecular weight excluding hydrogens is 312 g/mol. The molecule has 0 saturated heterocycles. The SMILES string of the molecule is CNC[C@@H](O)CN(Cc1ccc(C#N)cc1)NC.Cc1ccccc1. The highest BCUT2D eigenvalue weighted by molar-refractivity contribution is 5.31. The van der Waals surface area contributed by atoms with E-state index in [0.29, 0.717) is 25.2 Å². The quantitative estimate of drug-likeness (QED) is 0.673. The third-order valence-corrected chi connectivity index (χ3v) is 3.58. The first-order valence-corrected chi connectivity index (χ1v) is 8.34. The molecule has 0 aliphatic carbocycles. The Kier molecular flexibility index (Phi) is 10.1. The second kappa shape index (κ2) is 12.2. The molecular formula is C20H28N4O. The highest BCUT2D eigenvalue weighted by Gasteiger charge is 2.10. The van der Waals surface area contributed by atoms with Gasteiger partial charge in [0.2, 0.25) is 0 Å². The van der Waals surface area contributed by atoms with E-state index in [2.05, 4.69) is 35.9 Å². The monoisotopic (exact) mass is 340 g/mol. The lowest BCUT2D eigenvalue weighted by atomic mass is 10.1. The summed E-state index contributed by atoms with van der Waals surface area (Å²) in [4.78, 5) is 0. The predicted octanol–water partition coefficient (Wildman–Crippen LogP) is 2.07. The molecule has 5 heteroatoms. The molecule has 3 N–H and O–H groups in total. The average molecular weight is 340 g/mol. The first-order valence-electron chi connectivity index (χ1n) is 8.34. The van der Waals surface area contributed by atoms with Crippen LogP contribution in [0.4, 0.5) is 0 Å². The van der Waals surface area contributed by atoms with Crippen LogP contribution in [0.2, 0.25) is 0 Å². The number of aliphatic hydroxyl groups is 1. The average Bonchev–Trinajstić information content (AvgIpc) is 2.63. The van der Waals surface area contributed by atoms with Crippen LogP contribution in [0.15, 0.2) is 54.6 Å². The van der Waals surface area contributed by atoms with E-state index in [1.165, 1.54) is 5.56 Å². The standard InChI is InChI=1S/C13H20N4O.C7H8/c1-15-8-13(18)10-17(16-2)9-12-5-3-11(7-14)4-6-12;1-7-5-3-2-4-6-7/h3-6,13,15-16,18H,8-10H2,1-2H3;2-6H,1H3/t13-;/m1./s1. The van der Waals surface area contributed by atoms with Crippen molar-refractivity contribution in [2.45, 2.75) is 19.6 Å². The first-order chi connectivity index (χ1) is 12.1. The van der Waals surface area contributed by atoms with E-state index in [4.69, 9.17) is 5.26 Å². The van der Waals surface area contributed by atoms with Gasteiger partial charge in [-0.2, -0.15) is 5.26 Å². The lowest BCUT2D eigenvalue weighted by Gasteiger charge is -2.24. The summed E-state index contributed by atoms with van der Waals surface area (Å²) in [6.45, 7) is 3.87. The molecule has 0 spiro atoms. The van der Waals surface area contributed by atoms with Crippen molar-refractivity contribution in [1.29, 1.82) is 5.26 Å². The van der Waals surface area contributed by atoms with Crippen LogP contribution in [0, 0.1) is 18.3 Å². The van der Waals surface area contributed by atoms with E-state index in [9.17, 15) is 5.11 Å². The molecule has 0 aromatic heterocycles. The maximum absolute atomic E-state index is 9.72. The number of nitriles is 1. The van der Waals surface area contributed by atoms with E-state index in [-0.39, 0.29) is 0 Å². The number of hydrazine groups is 1. The van der Waals surface area contributed by atoms with E-state index >= 15 is 0 Å². The van der Waals surface area contributed by atoms with Crippen LogP contribution >= 0.6 is 0 Å². The van der Waals surface area contributed by atoms with Gasteiger partial charge in [0.25, 0.3) is 0 Å². The molecule has 1 atom stereocenters. The minimum absolute atomic E-state index is 0.416. The van der Waals surface area contributed by atoms with Crippen molar-refractivity contribution in [2.75, 3.05) is 27.2 Å². The number of likely N-dealkylation sites (N-methyl/N-ethyl adjacent to an activating group) is 1. The number of rotatable bonds is 7. The number of nitrogens with one attached hydrogen (secondary N) is 2. The largest absolute Gasteiger partial charge is 0.390 e.